The third-order valence-corrected chi connectivity index (χ3v) is 0.407. The van der Waals surface area contributed by atoms with E-state index in [-0.39, 0.29) is 51.4 Å². The van der Waals surface area contributed by atoms with Crippen molar-refractivity contribution in [3.63, 3.8) is 0 Å². The van der Waals surface area contributed by atoms with Crippen molar-refractivity contribution in [1.29, 1.82) is 0 Å². The molecule has 0 rings (SSSR count). The summed E-state index contributed by atoms with van der Waals surface area (Å²) in [6, 6.07) is 0. The summed E-state index contributed by atoms with van der Waals surface area (Å²) in [6.07, 6.45) is -0.725. The van der Waals surface area contributed by atoms with Crippen LogP contribution in [0.5, 0.6) is 0 Å². The molecule has 0 fully saturated rings. The quantitative estimate of drug-likeness (QED) is 0.512. The molecule has 0 atom stereocenters. The van der Waals surface area contributed by atoms with Crippen molar-refractivity contribution in [2.75, 3.05) is 0 Å². The summed E-state index contributed by atoms with van der Waals surface area (Å²) < 4.78 is 4.58. The van der Waals surface area contributed by atoms with Gasteiger partial charge in [0.1, 0.15) is 5.60 Å². The zero-order valence-electron chi connectivity index (χ0n) is 5.39. The Morgan fingerprint density at radius 1 is 1.44 bits per heavy atom. The predicted molar refractivity (Wildman–Crippen MR) is 37.6 cm³/mol. The number of carbonyl (C=O) groups is 1. The van der Waals surface area contributed by atoms with Gasteiger partial charge in [0.2, 0.25) is 0 Å². The van der Waals surface area contributed by atoms with E-state index in [0.717, 1.165) is 0 Å². The molecule has 1 amide bonds. The van der Waals surface area contributed by atoms with E-state index in [1.165, 1.54) is 0 Å². The fourth-order valence-electron chi connectivity index (χ4n) is 0.302. The number of nitrogens with two attached hydrogens (primary N) is 1. The molecule has 50 valence electrons. The molecule has 3 nitrogen and oxygen atoms in total. The molecule has 0 radical (unpaired) electrons. The van der Waals surface area contributed by atoms with Crippen molar-refractivity contribution in [2.24, 2.45) is 5.73 Å². The summed E-state index contributed by atoms with van der Waals surface area (Å²) in [4.78, 5) is 10.0. The number of hydrogen-bond acceptors (Lipinski definition) is 2. The van der Waals surface area contributed by atoms with Gasteiger partial charge in [0, 0.05) is 0 Å². The van der Waals surface area contributed by atoms with Gasteiger partial charge in [0.15, 0.2) is 0 Å². The molecule has 0 aromatic carbocycles. The normalized spacial score (nSPS) is 9.67. The Morgan fingerprint density at radius 3 is 1.78 bits per heavy atom. The summed E-state index contributed by atoms with van der Waals surface area (Å²) >= 11 is 0. The van der Waals surface area contributed by atoms with Gasteiger partial charge in [0.05, 0.1) is 0 Å². The summed E-state index contributed by atoms with van der Waals surface area (Å²) in [5.41, 5.74) is 4.26. The maximum atomic E-state index is 10.0. The summed E-state index contributed by atoms with van der Waals surface area (Å²) in [7, 11) is 0. The Labute approximate surface area is 97.7 Å². The summed E-state index contributed by atoms with van der Waals surface area (Å²) in [5, 5.41) is 0. The van der Waals surface area contributed by atoms with Gasteiger partial charge in [-0.2, -0.15) is 0 Å². The minimum atomic E-state index is -0.725. The molecule has 0 heterocycles. The van der Waals surface area contributed by atoms with E-state index in [1.54, 1.807) is 20.8 Å². The molecule has 0 saturated carbocycles. The molecule has 0 spiro atoms. The Hall–Kier alpha value is 0.906. The first-order valence-electron chi connectivity index (χ1n) is 2.40. The number of rotatable bonds is 0. The molecular formula is C5H12KNO2. The summed E-state index contributed by atoms with van der Waals surface area (Å²) in [6.45, 7) is 5.28. The second-order valence-electron chi connectivity index (χ2n) is 2.53. The van der Waals surface area contributed by atoms with Crippen molar-refractivity contribution >= 4 is 57.5 Å². The van der Waals surface area contributed by atoms with Crippen molar-refractivity contribution in [3.8, 4) is 0 Å². The van der Waals surface area contributed by atoms with Crippen LogP contribution in [0.4, 0.5) is 4.79 Å². The Bertz CT molecular complexity index is 97.6. The van der Waals surface area contributed by atoms with Crippen LogP contribution in [0.15, 0.2) is 0 Å². The average Bonchev–Trinajstić information content (AvgIpc) is 1.21. The van der Waals surface area contributed by atoms with E-state index in [9.17, 15) is 4.79 Å². The number of ether oxygens (including phenoxy) is 1. The molecule has 0 unspecified atom stereocenters. The fraction of sp³-hybridized carbons (Fsp3) is 0.800. The van der Waals surface area contributed by atoms with Crippen LogP contribution in [0.1, 0.15) is 20.8 Å². The van der Waals surface area contributed by atoms with Gasteiger partial charge < -0.3 is 10.5 Å². The van der Waals surface area contributed by atoms with Crippen LogP contribution in [-0.4, -0.2) is 63.1 Å². The standard InChI is InChI=1S/C5H11NO2.K.H/c1-5(2,3)8-4(6)7;;/h1-3H3,(H2,6,7);;. The SMILES string of the molecule is CC(C)(C)OC(N)=O.[KH]. The molecule has 0 aliphatic carbocycles. The van der Waals surface area contributed by atoms with Gasteiger partial charge in [-0.3, -0.25) is 0 Å². The monoisotopic (exact) mass is 157 g/mol. The first-order valence-corrected chi connectivity index (χ1v) is 2.40. The Kier molecular flexibility index (Phi) is 6.54. The maximum absolute atomic E-state index is 10.0. The molecule has 0 aromatic heterocycles. The zero-order valence-corrected chi connectivity index (χ0v) is 5.39. The van der Waals surface area contributed by atoms with Gasteiger partial charge in [-0.05, 0) is 20.8 Å². The first kappa shape index (κ1) is 12.6. The Balaban J connectivity index is 0. The van der Waals surface area contributed by atoms with E-state index in [1.807, 2.05) is 0 Å². The van der Waals surface area contributed by atoms with Crippen LogP contribution in [0.2, 0.25) is 0 Å². The number of hydrogen-bond donors (Lipinski definition) is 1. The van der Waals surface area contributed by atoms with Crippen LogP contribution in [-0.2, 0) is 4.74 Å². The topological polar surface area (TPSA) is 52.3 Å². The molecule has 0 aliphatic heterocycles. The summed E-state index contributed by atoms with van der Waals surface area (Å²) in [5.74, 6) is 0. The van der Waals surface area contributed by atoms with Crippen LogP contribution in [0.3, 0.4) is 0 Å². The number of amides is 1. The number of primary amides is 1. The van der Waals surface area contributed by atoms with Gasteiger partial charge in [-0.15, -0.1) is 0 Å². The van der Waals surface area contributed by atoms with E-state index in [0.29, 0.717) is 0 Å². The van der Waals surface area contributed by atoms with E-state index >= 15 is 0 Å². The third kappa shape index (κ3) is 12.2. The molecule has 0 bridgehead atoms. The van der Waals surface area contributed by atoms with Gasteiger partial charge in [-0.25, -0.2) is 4.79 Å². The molecule has 9 heavy (non-hydrogen) atoms. The van der Waals surface area contributed by atoms with Gasteiger partial charge in [0.25, 0.3) is 0 Å². The van der Waals surface area contributed by atoms with Crippen molar-refractivity contribution in [1.82, 2.24) is 0 Å². The van der Waals surface area contributed by atoms with Crippen molar-refractivity contribution in [3.05, 3.63) is 0 Å². The second-order valence-corrected chi connectivity index (χ2v) is 2.53. The number of carbonyl (C=O) groups excluding carboxylic acids is 1. The zero-order chi connectivity index (χ0) is 6.78. The molecular weight excluding hydrogens is 145 g/mol. The predicted octanol–water partition coefficient (Wildman–Crippen LogP) is 0.232. The van der Waals surface area contributed by atoms with Crippen LogP contribution >= 0.6 is 0 Å². The van der Waals surface area contributed by atoms with E-state index < -0.39 is 11.7 Å². The molecule has 0 aliphatic rings. The van der Waals surface area contributed by atoms with Crippen LogP contribution in [0, 0.1) is 0 Å². The van der Waals surface area contributed by atoms with Gasteiger partial charge in [-0.1, -0.05) is 0 Å². The molecule has 4 heteroatoms. The van der Waals surface area contributed by atoms with Crippen molar-refractivity contribution in [2.45, 2.75) is 26.4 Å². The second kappa shape index (κ2) is 4.68. The van der Waals surface area contributed by atoms with E-state index in [4.69, 9.17) is 5.73 Å². The Morgan fingerprint density at radius 2 is 1.78 bits per heavy atom. The van der Waals surface area contributed by atoms with E-state index in [2.05, 4.69) is 4.74 Å². The minimum absolute atomic E-state index is 0. The van der Waals surface area contributed by atoms with Crippen LogP contribution < -0.4 is 5.73 Å². The third-order valence-electron chi connectivity index (χ3n) is 0.407. The van der Waals surface area contributed by atoms with Crippen LogP contribution in [0.25, 0.3) is 0 Å². The molecule has 2 N–H and O–H groups in total. The first-order chi connectivity index (χ1) is 3.42. The van der Waals surface area contributed by atoms with Crippen molar-refractivity contribution < 1.29 is 9.53 Å². The average molecular weight is 157 g/mol. The molecule has 0 aromatic rings. The molecule has 0 saturated heterocycles. The van der Waals surface area contributed by atoms with Gasteiger partial charge >= 0.3 is 57.5 Å². The fourth-order valence-corrected chi connectivity index (χ4v) is 0.302.